The van der Waals surface area contributed by atoms with Gasteiger partial charge in [0.25, 0.3) is 0 Å². The van der Waals surface area contributed by atoms with Crippen molar-refractivity contribution in [2.24, 2.45) is 0 Å². The van der Waals surface area contributed by atoms with E-state index in [1.54, 1.807) is 0 Å². The highest BCUT2D eigenvalue weighted by Crippen LogP contribution is 2.18. The molecule has 0 unspecified atom stereocenters. The molecule has 1 rings (SSSR count). The Morgan fingerprint density at radius 3 is 2.62 bits per heavy atom. The molecule has 0 radical (unpaired) electrons. The Balaban J connectivity index is 3.28. The predicted octanol–water partition coefficient (Wildman–Crippen LogP) is 1.97. The zero-order valence-corrected chi connectivity index (χ0v) is 7.24. The van der Waals surface area contributed by atoms with Gasteiger partial charge >= 0.3 is 0 Å². The number of nitrogens with two attached hydrogens (primary N) is 1. The van der Waals surface area contributed by atoms with Gasteiger partial charge in [-0.25, -0.2) is 8.78 Å². The first-order chi connectivity index (χ1) is 6.06. The van der Waals surface area contributed by atoms with Gasteiger partial charge in [0, 0.05) is 11.6 Å². The Kier molecular flexibility index (Phi) is 2.83. The monoisotopic (exact) mass is 205 g/mol. The minimum Gasteiger partial charge on any atom is -0.396 e. The maximum absolute atomic E-state index is 12.8. The van der Waals surface area contributed by atoms with Crippen molar-refractivity contribution >= 4 is 23.1 Å². The van der Waals surface area contributed by atoms with Crippen molar-refractivity contribution in [2.45, 2.75) is 0 Å². The normalized spacial score (nSPS) is 10.1. The van der Waals surface area contributed by atoms with Crippen LogP contribution >= 0.6 is 11.6 Å². The smallest absolute Gasteiger partial charge is 0.179 e. The number of hydrogen-bond acceptors (Lipinski definition) is 2. The van der Waals surface area contributed by atoms with Gasteiger partial charge in [0.05, 0.1) is 11.6 Å². The molecule has 0 fully saturated rings. The summed E-state index contributed by atoms with van der Waals surface area (Å²) in [5.74, 6) is -2.75. The summed E-state index contributed by atoms with van der Waals surface area (Å²) >= 11 is 5.21. The lowest BCUT2D eigenvalue weighted by Crippen LogP contribution is -2.07. The Hall–Kier alpha value is -1.16. The van der Waals surface area contributed by atoms with Crippen molar-refractivity contribution in [3.8, 4) is 0 Å². The van der Waals surface area contributed by atoms with Crippen molar-refractivity contribution in [2.75, 3.05) is 11.6 Å². The van der Waals surface area contributed by atoms with E-state index in [4.69, 9.17) is 17.3 Å². The SMILES string of the molecule is Nc1c(F)cc(F)cc1C(=O)CCl. The maximum atomic E-state index is 12.8. The van der Waals surface area contributed by atoms with Crippen LogP contribution in [0.1, 0.15) is 10.4 Å². The summed E-state index contributed by atoms with van der Waals surface area (Å²) in [5, 5.41) is 0. The number of halogens is 3. The predicted molar refractivity (Wildman–Crippen MR) is 45.8 cm³/mol. The lowest BCUT2D eigenvalue weighted by molar-refractivity contribution is 0.102. The molecule has 0 aromatic heterocycles. The van der Waals surface area contributed by atoms with Crippen molar-refractivity contribution < 1.29 is 13.6 Å². The summed E-state index contributed by atoms with van der Waals surface area (Å²) in [6, 6.07) is 1.48. The van der Waals surface area contributed by atoms with Gasteiger partial charge in [0.2, 0.25) is 0 Å². The fraction of sp³-hybridized carbons (Fsp3) is 0.125. The van der Waals surface area contributed by atoms with Crippen molar-refractivity contribution in [3.05, 3.63) is 29.3 Å². The highest BCUT2D eigenvalue weighted by Gasteiger charge is 2.13. The second-order valence-electron chi connectivity index (χ2n) is 2.41. The van der Waals surface area contributed by atoms with E-state index >= 15 is 0 Å². The van der Waals surface area contributed by atoms with Crippen LogP contribution in [0.5, 0.6) is 0 Å². The number of nitrogen functional groups attached to an aromatic ring is 1. The number of rotatable bonds is 2. The van der Waals surface area contributed by atoms with Gasteiger partial charge in [0.1, 0.15) is 11.6 Å². The maximum Gasteiger partial charge on any atom is 0.179 e. The van der Waals surface area contributed by atoms with Crippen LogP contribution in [0.25, 0.3) is 0 Å². The molecule has 0 aliphatic carbocycles. The first kappa shape index (κ1) is 9.92. The van der Waals surface area contributed by atoms with Gasteiger partial charge in [-0.1, -0.05) is 0 Å². The van der Waals surface area contributed by atoms with Crippen LogP contribution in [0.15, 0.2) is 12.1 Å². The summed E-state index contributed by atoms with van der Waals surface area (Å²) in [7, 11) is 0. The van der Waals surface area contributed by atoms with Gasteiger partial charge < -0.3 is 5.73 Å². The van der Waals surface area contributed by atoms with E-state index in [2.05, 4.69) is 0 Å². The largest absolute Gasteiger partial charge is 0.396 e. The molecule has 0 spiro atoms. The molecule has 70 valence electrons. The molecule has 2 N–H and O–H groups in total. The lowest BCUT2D eigenvalue weighted by Gasteiger charge is -2.03. The first-order valence-corrected chi connectivity index (χ1v) is 3.93. The molecule has 1 aromatic rings. The Morgan fingerprint density at radius 1 is 1.46 bits per heavy atom. The number of ketones is 1. The van der Waals surface area contributed by atoms with E-state index < -0.39 is 17.4 Å². The number of carbonyl (C=O) groups is 1. The van der Waals surface area contributed by atoms with Crippen LogP contribution in [0, 0.1) is 11.6 Å². The Morgan fingerprint density at radius 2 is 2.08 bits per heavy atom. The van der Waals surface area contributed by atoms with E-state index in [9.17, 15) is 13.6 Å². The molecule has 0 aliphatic rings. The van der Waals surface area contributed by atoms with Crippen molar-refractivity contribution in [3.63, 3.8) is 0 Å². The number of Topliss-reactive ketones (excluding diaryl/α,β-unsaturated/α-hetero) is 1. The molecular weight excluding hydrogens is 200 g/mol. The third-order valence-corrected chi connectivity index (χ3v) is 1.76. The third kappa shape index (κ3) is 1.95. The van der Waals surface area contributed by atoms with E-state index in [-0.39, 0.29) is 17.1 Å². The Labute approximate surface area is 78.3 Å². The van der Waals surface area contributed by atoms with Gasteiger partial charge in [-0.3, -0.25) is 4.79 Å². The minimum absolute atomic E-state index is 0.215. The molecule has 2 nitrogen and oxygen atoms in total. The van der Waals surface area contributed by atoms with Gasteiger partial charge in [0.15, 0.2) is 5.78 Å². The van der Waals surface area contributed by atoms with Gasteiger partial charge in [-0.2, -0.15) is 0 Å². The average molecular weight is 206 g/mol. The topological polar surface area (TPSA) is 43.1 Å². The van der Waals surface area contributed by atoms with Crippen LogP contribution in [0.3, 0.4) is 0 Å². The van der Waals surface area contributed by atoms with Crippen LogP contribution in [0.2, 0.25) is 0 Å². The average Bonchev–Trinajstić information content (AvgIpc) is 2.10. The summed E-state index contributed by atoms with van der Waals surface area (Å²) in [5.41, 5.74) is 4.62. The van der Waals surface area contributed by atoms with E-state index in [1.807, 2.05) is 0 Å². The summed E-state index contributed by atoms with van der Waals surface area (Å²) in [4.78, 5) is 11.0. The summed E-state index contributed by atoms with van der Waals surface area (Å²) in [6.07, 6.45) is 0. The molecule has 1 aromatic carbocycles. The summed E-state index contributed by atoms with van der Waals surface area (Å²) in [6.45, 7) is 0. The van der Waals surface area contributed by atoms with E-state index in [1.165, 1.54) is 0 Å². The van der Waals surface area contributed by atoms with Crippen LogP contribution in [-0.2, 0) is 0 Å². The summed E-state index contributed by atoms with van der Waals surface area (Å²) < 4.78 is 25.4. The van der Waals surface area contributed by atoms with Crippen LogP contribution in [0.4, 0.5) is 14.5 Å². The van der Waals surface area contributed by atoms with Gasteiger partial charge in [-0.05, 0) is 6.07 Å². The second kappa shape index (κ2) is 3.70. The quantitative estimate of drug-likeness (QED) is 0.456. The number of hydrogen-bond donors (Lipinski definition) is 1. The number of benzene rings is 1. The minimum atomic E-state index is -0.950. The van der Waals surface area contributed by atoms with E-state index in [0.29, 0.717) is 6.07 Å². The Bertz CT molecular complexity index is 354. The number of carbonyl (C=O) groups excluding carboxylic acids is 1. The molecule has 0 amide bonds. The third-order valence-electron chi connectivity index (χ3n) is 1.52. The molecule has 0 aliphatic heterocycles. The first-order valence-electron chi connectivity index (χ1n) is 3.40. The highest BCUT2D eigenvalue weighted by molar-refractivity contribution is 6.31. The molecule has 0 saturated heterocycles. The highest BCUT2D eigenvalue weighted by atomic mass is 35.5. The molecule has 0 bridgehead atoms. The standard InChI is InChI=1S/C8H6ClF2NO/c9-3-7(13)5-1-4(10)2-6(11)8(5)12/h1-2H,3,12H2. The van der Waals surface area contributed by atoms with Crippen LogP contribution in [-0.4, -0.2) is 11.7 Å². The molecule has 5 heteroatoms. The van der Waals surface area contributed by atoms with Crippen LogP contribution < -0.4 is 5.73 Å². The lowest BCUT2D eigenvalue weighted by atomic mass is 10.1. The number of alkyl halides is 1. The number of anilines is 1. The second-order valence-corrected chi connectivity index (χ2v) is 2.67. The fourth-order valence-electron chi connectivity index (χ4n) is 0.887. The fourth-order valence-corrected chi connectivity index (χ4v) is 1.03. The molecule has 0 heterocycles. The van der Waals surface area contributed by atoms with Crippen molar-refractivity contribution in [1.29, 1.82) is 0 Å². The molecular formula is C8H6ClF2NO. The van der Waals surface area contributed by atoms with Gasteiger partial charge in [-0.15, -0.1) is 11.6 Å². The molecule has 0 saturated carbocycles. The zero-order chi connectivity index (χ0) is 10.0. The molecule has 0 atom stereocenters. The molecule has 13 heavy (non-hydrogen) atoms. The van der Waals surface area contributed by atoms with E-state index in [0.717, 1.165) is 6.07 Å². The van der Waals surface area contributed by atoms with Crippen molar-refractivity contribution in [1.82, 2.24) is 0 Å². The zero-order valence-electron chi connectivity index (χ0n) is 6.48.